The molecular formula is C14H16O3S2. The van der Waals surface area contributed by atoms with Gasteiger partial charge in [0, 0.05) is 16.5 Å². The molecule has 1 N–H and O–H groups in total. The van der Waals surface area contributed by atoms with Gasteiger partial charge in [0.1, 0.15) is 15.6 Å². The summed E-state index contributed by atoms with van der Waals surface area (Å²) in [6.07, 6.45) is 1.90. The largest absolute Gasteiger partial charge is 0.507 e. The first-order valence-corrected chi connectivity index (χ1v) is 9.03. The second-order valence-electron chi connectivity index (χ2n) is 4.46. The van der Waals surface area contributed by atoms with Gasteiger partial charge in [0.2, 0.25) is 0 Å². The van der Waals surface area contributed by atoms with Crippen LogP contribution in [0, 0.1) is 0 Å². The molecule has 0 saturated carbocycles. The minimum atomic E-state index is -2.88. The van der Waals surface area contributed by atoms with Crippen molar-refractivity contribution in [1.82, 2.24) is 0 Å². The zero-order valence-corrected chi connectivity index (χ0v) is 12.3. The van der Waals surface area contributed by atoms with E-state index in [4.69, 9.17) is 0 Å². The van der Waals surface area contributed by atoms with Crippen LogP contribution in [0.1, 0.15) is 6.42 Å². The molecule has 0 aliphatic heterocycles. The Hall–Kier alpha value is -1.20. The molecule has 102 valence electrons. The van der Waals surface area contributed by atoms with Crippen LogP contribution in [-0.2, 0) is 9.84 Å². The van der Waals surface area contributed by atoms with Crippen LogP contribution in [-0.4, -0.2) is 31.3 Å². The highest BCUT2D eigenvalue weighted by atomic mass is 32.2. The van der Waals surface area contributed by atoms with E-state index < -0.39 is 9.84 Å². The summed E-state index contributed by atoms with van der Waals surface area (Å²) in [4.78, 5) is 1.07. The summed E-state index contributed by atoms with van der Waals surface area (Å²) in [7, 11) is -2.88. The van der Waals surface area contributed by atoms with Crippen LogP contribution in [0.15, 0.2) is 41.3 Å². The molecule has 0 bridgehead atoms. The Morgan fingerprint density at radius 2 is 1.79 bits per heavy atom. The molecule has 2 aromatic carbocycles. The van der Waals surface area contributed by atoms with Gasteiger partial charge in [-0.2, -0.15) is 0 Å². The molecule has 0 aliphatic rings. The smallest absolute Gasteiger partial charge is 0.147 e. The number of thioether (sulfide) groups is 1. The quantitative estimate of drug-likeness (QED) is 0.680. The summed E-state index contributed by atoms with van der Waals surface area (Å²) in [5.41, 5.74) is 0. The maximum atomic E-state index is 11.1. The number of benzene rings is 2. The molecule has 0 spiro atoms. The Labute approximate surface area is 117 Å². The van der Waals surface area contributed by atoms with Gasteiger partial charge in [0.25, 0.3) is 0 Å². The van der Waals surface area contributed by atoms with E-state index in [1.165, 1.54) is 6.26 Å². The summed E-state index contributed by atoms with van der Waals surface area (Å²) >= 11 is 1.62. The highest BCUT2D eigenvalue weighted by molar-refractivity contribution is 7.99. The molecule has 0 amide bonds. The summed E-state index contributed by atoms with van der Waals surface area (Å²) in [5, 5.41) is 11.6. The molecule has 0 heterocycles. The van der Waals surface area contributed by atoms with Crippen molar-refractivity contribution in [2.75, 3.05) is 17.8 Å². The third-order valence-corrected chi connectivity index (χ3v) is 4.97. The summed E-state index contributed by atoms with van der Waals surface area (Å²) in [5.74, 6) is 1.24. The topological polar surface area (TPSA) is 54.4 Å². The molecule has 0 fully saturated rings. The first-order valence-electron chi connectivity index (χ1n) is 5.98. The van der Waals surface area contributed by atoms with Crippen LogP contribution in [0.5, 0.6) is 5.75 Å². The van der Waals surface area contributed by atoms with Gasteiger partial charge in [-0.15, -0.1) is 11.8 Å². The van der Waals surface area contributed by atoms with Gasteiger partial charge in [0.15, 0.2) is 0 Å². The zero-order valence-electron chi connectivity index (χ0n) is 10.7. The summed E-state index contributed by atoms with van der Waals surface area (Å²) in [6, 6.07) is 11.2. The number of phenolic OH excluding ortho intramolecular Hbond substituents is 1. The van der Waals surface area contributed by atoms with Crippen molar-refractivity contribution in [2.24, 2.45) is 0 Å². The fourth-order valence-corrected chi connectivity index (χ4v) is 3.74. The Kier molecular flexibility index (Phi) is 4.37. The van der Waals surface area contributed by atoms with Crippen molar-refractivity contribution in [2.45, 2.75) is 11.3 Å². The SMILES string of the molecule is CS(=O)(=O)CCCSc1ccc(O)c2ccccc12. The molecule has 0 unspecified atom stereocenters. The number of hydrogen-bond donors (Lipinski definition) is 1. The second kappa shape index (κ2) is 5.84. The van der Waals surface area contributed by atoms with Crippen molar-refractivity contribution in [3.63, 3.8) is 0 Å². The molecule has 2 rings (SSSR count). The summed E-state index contributed by atoms with van der Waals surface area (Å²) in [6.45, 7) is 0. The lowest BCUT2D eigenvalue weighted by Crippen LogP contribution is -2.03. The maximum Gasteiger partial charge on any atom is 0.147 e. The highest BCUT2D eigenvalue weighted by Gasteiger charge is 2.06. The number of rotatable bonds is 5. The maximum absolute atomic E-state index is 11.1. The second-order valence-corrected chi connectivity index (χ2v) is 7.86. The van der Waals surface area contributed by atoms with Gasteiger partial charge >= 0.3 is 0 Å². The van der Waals surface area contributed by atoms with Crippen molar-refractivity contribution >= 4 is 32.4 Å². The lowest BCUT2D eigenvalue weighted by atomic mass is 10.1. The van der Waals surface area contributed by atoms with E-state index in [1.807, 2.05) is 30.3 Å². The van der Waals surface area contributed by atoms with E-state index in [1.54, 1.807) is 17.8 Å². The first-order chi connectivity index (χ1) is 8.97. The zero-order chi connectivity index (χ0) is 13.9. The highest BCUT2D eigenvalue weighted by Crippen LogP contribution is 2.33. The van der Waals surface area contributed by atoms with Crippen LogP contribution in [0.2, 0.25) is 0 Å². The predicted molar refractivity (Wildman–Crippen MR) is 80.7 cm³/mol. The normalized spacial score (nSPS) is 11.8. The molecule has 0 aromatic heterocycles. The number of fused-ring (bicyclic) bond motifs is 1. The standard InChI is InChI=1S/C14H16O3S2/c1-19(16,17)10-4-9-18-14-8-7-13(15)11-5-2-3-6-12(11)14/h2-3,5-8,15H,4,9-10H2,1H3. The molecule has 0 aliphatic carbocycles. The lowest BCUT2D eigenvalue weighted by molar-refractivity contribution is 0.481. The van der Waals surface area contributed by atoms with Crippen LogP contribution >= 0.6 is 11.8 Å². The molecular weight excluding hydrogens is 280 g/mol. The van der Waals surface area contributed by atoms with Gasteiger partial charge in [-0.05, 0) is 29.7 Å². The third-order valence-electron chi connectivity index (χ3n) is 2.78. The van der Waals surface area contributed by atoms with Crippen molar-refractivity contribution in [3.8, 4) is 5.75 Å². The summed E-state index contributed by atoms with van der Waals surface area (Å²) < 4.78 is 22.1. The van der Waals surface area contributed by atoms with E-state index in [9.17, 15) is 13.5 Å². The number of sulfone groups is 1. The fourth-order valence-electron chi connectivity index (χ4n) is 1.88. The minimum absolute atomic E-state index is 0.218. The monoisotopic (exact) mass is 296 g/mol. The van der Waals surface area contributed by atoms with Crippen molar-refractivity contribution < 1.29 is 13.5 Å². The third kappa shape index (κ3) is 3.88. The molecule has 0 saturated heterocycles. The number of hydrogen-bond acceptors (Lipinski definition) is 4. The average Bonchev–Trinajstić information content (AvgIpc) is 2.36. The molecule has 3 nitrogen and oxygen atoms in total. The van der Waals surface area contributed by atoms with E-state index in [2.05, 4.69) is 0 Å². The van der Waals surface area contributed by atoms with Crippen LogP contribution in [0.25, 0.3) is 10.8 Å². The number of phenols is 1. The van der Waals surface area contributed by atoms with E-state index in [0.29, 0.717) is 6.42 Å². The van der Waals surface area contributed by atoms with Crippen LogP contribution in [0.3, 0.4) is 0 Å². The van der Waals surface area contributed by atoms with Crippen LogP contribution < -0.4 is 0 Å². The van der Waals surface area contributed by atoms with Gasteiger partial charge in [-0.25, -0.2) is 8.42 Å². The van der Waals surface area contributed by atoms with Gasteiger partial charge in [-0.1, -0.05) is 24.3 Å². The lowest BCUT2D eigenvalue weighted by Gasteiger charge is -2.07. The Bertz CT molecular complexity index is 678. The Morgan fingerprint density at radius 3 is 2.47 bits per heavy atom. The molecule has 0 radical (unpaired) electrons. The molecule has 0 atom stereocenters. The first kappa shape index (κ1) is 14.2. The van der Waals surface area contributed by atoms with E-state index in [-0.39, 0.29) is 11.5 Å². The molecule has 19 heavy (non-hydrogen) atoms. The predicted octanol–water partition coefficient (Wildman–Crippen LogP) is 3.07. The van der Waals surface area contributed by atoms with Crippen molar-refractivity contribution in [3.05, 3.63) is 36.4 Å². The van der Waals surface area contributed by atoms with Gasteiger partial charge < -0.3 is 5.11 Å². The minimum Gasteiger partial charge on any atom is -0.507 e. The van der Waals surface area contributed by atoms with Crippen molar-refractivity contribution in [1.29, 1.82) is 0 Å². The fraction of sp³-hybridized carbons (Fsp3) is 0.286. The van der Waals surface area contributed by atoms with Gasteiger partial charge in [-0.3, -0.25) is 0 Å². The Morgan fingerprint density at radius 1 is 1.11 bits per heavy atom. The molecule has 2 aromatic rings. The molecule has 5 heteroatoms. The average molecular weight is 296 g/mol. The Balaban J connectivity index is 2.11. The van der Waals surface area contributed by atoms with Crippen LogP contribution in [0.4, 0.5) is 0 Å². The van der Waals surface area contributed by atoms with E-state index >= 15 is 0 Å². The van der Waals surface area contributed by atoms with E-state index in [0.717, 1.165) is 21.4 Å². The number of aromatic hydroxyl groups is 1. The van der Waals surface area contributed by atoms with Gasteiger partial charge in [0.05, 0.1) is 5.75 Å².